The van der Waals surface area contributed by atoms with Gasteiger partial charge in [0.15, 0.2) is 0 Å². The van der Waals surface area contributed by atoms with Gasteiger partial charge in [-0.1, -0.05) is 49.6 Å². The molecule has 1 aliphatic carbocycles. The molecule has 0 fully saturated rings. The van der Waals surface area contributed by atoms with Gasteiger partial charge in [-0.15, -0.1) is 0 Å². The van der Waals surface area contributed by atoms with Crippen LogP contribution in [0.5, 0.6) is 0 Å². The zero-order chi connectivity index (χ0) is 10.2. The van der Waals surface area contributed by atoms with Crippen molar-refractivity contribution in [1.82, 2.24) is 0 Å². The molecular formula is C12H19NO. The Morgan fingerprint density at radius 2 is 2.21 bits per heavy atom. The van der Waals surface area contributed by atoms with Crippen molar-refractivity contribution in [3.8, 4) is 0 Å². The van der Waals surface area contributed by atoms with Gasteiger partial charge >= 0.3 is 0 Å². The fourth-order valence-corrected chi connectivity index (χ4v) is 1.64. The van der Waals surface area contributed by atoms with Crippen molar-refractivity contribution in [1.29, 1.82) is 0 Å². The van der Waals surface area contributed by atoms with E-state index in [2.05, 4.69) is 24.2 Å². The fourth-order valence-electron chi connectivity index (χ4n) is 1.64. The summed E-state index contributed by atoms with van der Waals surface area (Å²) in [6.07, 6.45) is 13.3. The third kappa shape index (κ3) is 3.36. The Hall–Kier alpha value is -1.05. The highest BCUT2D eigenvalue weighted by atomic mass is 16.6. The third-order valence-electron chi connectivity index (χ3n) is 2.42. The summed E-state index contributed by atoms with van der Waals surface area (Å²) in [5, 5.41) is 4.02. The SMILES string of the molecule is CCCCCC1C=CC=CC1=NOC. The molecule has 0 heterocycles. The van der Waals surface area contributed by atoms with E-state index < -0.39 is 0 Å². The predicted octanol–water partition coefficient (Wildman–Crippen LogP) is 3.31. The van der Waals surface area contributed by atoms with Crippen LogP contribution in [0.15, 0.2) is 29.5 Å². The van der Waals surface area contributed by atoms with E-state index >= 15 is 0 Å². The maximum absolute atomic E-state index is 4.82. The second-order valence-corrected chi connectivity index (χ2v) is 3.55. The van der Waals surface area contributed by atoms with E-state index in [0.717, 1.165) is 5.71 Å². The fraction of sp³-hybridized carbons (Fsp3) is 0.583. The van der Waals surface area contributed by atoms with Crippen LogP contribution in [0.25, 0.3) is 0 Å². The lowest BCUT2D eigenvalue weighted by atomic mass is 9.93. The van der Waals surface area contributed by atoms with Crippen molar-refractivity contribution < 1.29 is 4.84 Å². The zero-order valence-corrected chi connectivity index (χ0v) is 9.07. The van der Waals surface area contributed by atoms with Gasteiger partial charge in [0.2, 0.25) is 0 Å². The average Bonchev–Trinajstić information content (AvgIpc) is 2.21. The number of nitrogens with zero attached hydrogens (tertiary/aromatic N) is 1. The Balaban J connectivity index is 2.44. The minimum Gasteiger partial charge on any atom is -0.399 e. The summed E-state index contributed by atoms with van der Waals surface area (Å²) in [6, 6.07) is 0. The van der Waals surface area contributed by atoms with Crippen LogP contribution in [0.4, 0.5) is 0 Å². The number of hydrogen-bond donors (Lipinski definition) is 0. The molecule has 0 N–H and O–H groups in total. The first-order valence-corrected chi connectivity index (χ1v) is 5.34. The second-order valence-electron chi connectivity index (χ2n) is 3.55. The van der Waals surface area contributed by atoms with Crippen LogP contribution in [0.2, 0.25) is 0 Å². The van der Waals surface area contributed by atoms with Crippen molar-refractivity contribution in [2.45, 2.75) is 32.6 Å². The molecule has 1 aliphatic rings. The molecule has 0 aromatic heterocycles. The van der Waals surface area contributed by atoms with Gasteiger partial charge in [0, 0.05) is 5.92 Å². The first-order chi connectivity index (χ1) is 6.88. The minimum atomic E-state index is 0.450. The van der Waals surface area contributed by atoms with E-state index in [4.69, 9.17) is 4.84 Å². The van der Waals surface area contributed by atoms with Crippen LogP contribution in [-0.2, 0) is 4.84 Å². The molecule has 0 aliphatic heterocycles. The lowest BCUT2D eigenvalue weighted by molar-refractivity contribution is 0.212. The van der Waals surface area contributed by atoms with E-state index in [-0.39, 0.29) is 0 Å². The first kappa shape index (κ1) is 11.0. The molecule has 14 heavy (non-hydrogen) atoms. The lowest BCUT2D eigenvalue weighted by Crippen LogP contribution is -2.12. The molecule has 2 nitrogen and oxygen atoms in total. The minimum absolute atomic E-state index is 0.450. The van der Waals surface area contributed by atoms with Gasteiger partial charge < -0.3 is 4.84 Å². The molecule has 1 unspecified atom stereocenters. The van der Waals surface area contributed by atoms with E-state index in [9.17, 15) is 0 Å². The highest BCUT2D eigenvalue weighted by Crippen LogP contribution is 2.17. The summed E-state index contributed by atoms with van der Waals surface area (Å²) in [5.74, 6) is 0.450. The Morgan fingerprint density at radius 1 is 1.36 bits per heavy atom. The van der Waals surface area contributed by atoms with Crippen LogP contribution in [0.3, 0.4) is 0 Å². The topological polar surface area (TPSA) is 21.6 Å². The molecule has 1 rings (SSSR count). The number of allylic oxidation sites excluding steroid dienone is 4. The Kier molecular flexibility index (Phi) is 5.05. The summed E-state index contributed by atoms with van der Waals surface area (Å²) in [4.78, 5) is 4.82. The average molecular weight is 193 g/mol. The van der Waals surface area contributed by atoms with Gasteiger partial charge in [0.1, 0.15) is 7.11 Å². The van der Waals surface area contributed by atoms with Crippen LogP contribution in [-0.4, -0.2) is 12.8 Å². The summed E-state index contributed by atoms with van der Waals surface area (Å²) in [7, 11) is 1.60. The summed E-state index contributed by atoms with van der Waals surface area (Å²) < 4.78 is 0. The van der Waals surface area contributed by atoms with E-state index in [1.807, 2.05) is 12.2 Å². The molecule has 1 atom stereocenters. The first-order valence-electron chi connectivity index (χ1n) is 5.34. The van der Waals surface area contributed by atoms with Crippen LogP contribution in [0.1, 0.15) is 32.6 Å². The Morgan fingerprint density at radius 3 is 2.93 bits per heavy atom. The standard InChI is InChI=1S/C12H19NO/c1-3-4-5-8-11-9-6-7-10-12(11)13-14-2/h6-7,9-11H,3-5,8H2,1-2H3. The summed E-state index contributed by atoms with van der Waals surface area (Å²) in [6.45, 7) is 2.22. The highest BCUT2D eigenvalue weighted by Gasteiger charge is 2.12. The van der Waals surface area contributed by atoms with Gasteiger partial charge in [-0.3, -0.25) is 0 Å². The summed E-state index contributed by atoms with van der Waals surface area (Å²) >= 11 is 0. The lowest BCUT2D eigenvalue weighted by Gasteiger charge is -2.14. The Bertz CT molecular complexity index is 241. The van der Waals surface area contributed by atoms with Gasteiger partial charge in [0.05, 0.1) is 5.71 Å². The molecule has 0 aromatic rings. The van der Waals surface area contributed by atoms with Gasteiger partial charge in [-0.05, 0) is 12.5 Å². The van der Waals surface area contributed by atoms with Crippen molar-refractivity contribution in [3.05, 3.63) is 24.3 Å². The van der Waals surface area contributed by atoms with E-state index in [0.29, 0.717) is 5.92 Å². The quantitative estimate of drug-likeness (QED) is 0.485. The highest BCUT2D eigenvalue weighted by molar-refractivity contribution is 5.98. The largest absolute Gasteiger partial charge is 0.399 e. The van der Waals surface area contributed by atoms with Crippen LogP contribution in [0, 0.1) is 5.92 Å². The second kappa shape index (κ2) is 6.41. The molecule has 0 aromatic carbocycles. The normalized spacial score (nSPS) is 23.0. The molecule has 2 heteroatoms. The van der Waals surface area contributed by atoms with Crippen LogP contribution < -0.4 is 0 Å². The number of unbranched alkanes of at least 4 members (excludes halogenated alkanes) is 2. The maximum Gasteiger partial charge on any atom is 0.106 e. The molecule has 0 saturated carbocycles. The Labute approximate surface area is 86.3 Å². The zero-order valence-electron chi connectivity index (χ0n) is 9.07. The number of rotatable bonds is 5. The van der Waals surface area contributed by atoms with Crippen molar-refractivity contribution in [2.24, 2.45) is 11.1 Å². The molecule has 0 amide bonds. The molecule has 0 spiro atoms. The molecule has 0 radical (unpaired) electrons. The molecule has 0 bridgehead atoms. The van der Waals surface area contributed by atoms with Gasteiger partial charge in [-0.2, -0.15) is 0 Å². The van der Waals surface area contributed by atoms with Crippen molar-refractivity contribution in [2.75, 3.05) is 7.11 Å². The van der Waals surface area contributed by atoms with Gasteiger partial charge in [0.25, 0.3) is 0 Å². The smallest absolute Gasteiger partial charge is 0.106 e. The van der Waals surface area contributed by atoms with Gasteiger partial charge in [-0.25, -0.2) is 0 Å². The molecule has 0 saturated heterocycles. The third-order valence-corrected chi connectivity index (χ3v) is 2.42. The number of oxime groups is 1. The molecular weight excluding hydrogens is 174 g/mol. The monoisotopic (exact) mass is 193 g/mol. The molecule has 78 valence electrons. The van der Waals surface area contributed by atoms with E-state index in [1.165, 1.54) is 25.7 Å². The van der Waals surface area contributed by atoms with E-state index in [1.54, 1.807) is 7.11 Å². The van der Waals surface area contributed by atoms with Crippen molar-refractivity contribution >= 4 is 5.71 Å². The van der Waals surface area contributed by atoms with Crippen molar-refractivity contribution in [3.63, 3.8) is 0 Å². The predicted molar refractivity (Wildman–Crippen MR) is 60.4 cm³/mol. The maximum atomic E-state index is 4.82. The summed E-state index contributed by atoms with van der Waals surface area (Å²) in [5.41, 5.74) is 1.05. The van der Waals surface area contributed by atoms with Crippen LogP contribution >= 0.6 is 0 Å². The number of hydrogen-bond acceptors (Lipinski definition) is 2.